The fourth-order valence-electron chi connectivity index (χ4n) is 1.82. The van der Waals surface area contributed by atoms with Crippen molar-refractivity contribution in [3.63, 3.8) is 0 Å². The van der Waals surface area contributed by atoms with E-state index in [2.05, 4.69) is 0 Å². The van der Waals surface area contributed by atoms with E-state index in [9.17, 15) is 21.9 Å². The van der Waals surface area contributed by atoms with Crippen molar-refractivity contribution < 1.29 is 21.9 Å². The molecule has 20 heavy (non-hydrogen) atoms. The van der Waals surface area contributed by atoms with Crippen molar-refractivity contribution in [3.8, 4) is 0 Å². The van der Waals surface area contributed by atoms with Crippen LogP contribution in [0, 0.1) is 5.92 Å². The van der Waals surface area contributed by atoms with E-state index in [0.29, 0.717) is 17.2 Å². The average molecular weight is 349 g/mol. The zero-order chi connectivity index (χ0) is 15.3. The van der Waals surface area contributed by atoms with Crippen LogP contribution in [0.15, 0.2) is 16.3 Å². The largest absolute Gasteiger partial charge is 0.768 e. The molecule has 9 heteroatoms. The lowest BCUT2D eigenvalue weighted by molar-refractivity contribution is -0.185. The molecule has 0 N–H and O–H groups in total. The number of hydrogen-bond donors (Lipinski definition) is 0. The summed E-state index contributed by atoms with van der Waals surface area (Å²) in [4.78, 5) is 1.74. The summed E-state index contributed by atoms with van der Waals surface area (Å²) in [6.45, 7) is 0.968. The molecule has 1 aromatic rings. The van der Waals surface area contributed by atoms with E-state index in [1.54, 1.807) is 18.0 Å². The van der Waals surface area contributed by atoms with E-state index < -0.39 is 23.2 Å². The molecule has 1 aliphatic heterocycles. The van der Waals surface area contributed by atoms with Crippen molar-refractivity contribution in [1.29, 1.82) is 0 Å². The number of thiophene rings is 1. The molecule has 0 bridgehead atoms. The van der Waals surface area contributed by atoms with E-state index in [1.807, 2.05) is 0 Å². The van der Waals surface area contributed by atoms with Gasteiger partial charge in [-0.05, 0) is 49.6 Å². The Kier molecular flexibility index (Phi) is 6.93. The van der Waals surface area contributed by atoms with Crippen molar-refractivity contribution >= 4 is 34.0 Å². The van der Waals surface area contributed by atoms with Crippen LogP contribution in [0.1, 0.15) is 12.8 Å². The Morgan fingerprint density at radius 2 is 2.15 bits per heavy atom. The van der Waals surface area contributed by atoms with Gasteiger partial charge in [-0.2, -0.15) is 13.2 Å². The molecule has 0 saturated carbocycles. The Hall–Kier alpha value is -0.150. The minimum atomic E-state index is -3.99. The van der Waals surface area contributed by atoms with E-state index in [-0.39, 0.29) is 10.8 Å². The third kappa shape index (κ3) is 6.09. The first-order chi connectivity index (χ1) is 9.20. The van der Waals surface area contributed by atoms with Crippen LogP contribution in [-0.4, -0.2) is 40.0 Å². The van der Waals surface area contributed by atoms with Gasteiger partial charge in [0.25, 0.3) is 0 Å². The molecule has 1 aliphatic rings. The van der Waals surface area contributed by atoms with Gasteiger partial charge in [0.1, 0.15) is 0 Å². The summed E-state index contributed by atoms with van der Waals surface area (Å²) in [5.41, 5.74) is 0. The number of halogens is 4. The molecule has 0 spiro atoms. The fourth-order valence-corrected chi connectivity index (χ4v) is 3.46. The van der Waals surface area contributed by atoms with Crippen molar-refractivity contribution in [2.45, 2.75) is 23.2 Å². The zero-order valence-electron chi connectivity index (χ0n) is 10.7. The smallest absolute Gasteiger partial charge is 0.393 e. The van der Waals surface area contributed by atoms with Crippen molar-refractivity contribution in [2.24, 2.45) is 5.92 Å². The monoisotopic (exact) mass is 348 g/mol. The second-order valence-corrected chi connectivity index (χ2v) is 7.32. The van der Waals surface area contributed by atoms with Gasteiger partial charge in [-0.1, -0.05) is 11.6 Å². The first-order valence-electron chi connectivity index (χ1n) is 5.80. The number of hydrogen-bond acceptors (Lipinski definition) is 4. The van der Waals surface area contributed by atoms with Gasteiger partial charge >= 0.3 is 6.18 Å². The lowest BCUT2D eigenvalue weighted by atomic mass is 9.98. The Bertz CT molecular complexity index is 453. The standard InChI is InChI=1S/C7H12F3N.C4H3ClO2S2/c1-11-4-2-3-6(5-11)7(8,9)10;5-3-1-2-4(8-3)9(6)7/h6H,2-5H2,1H3;1-2H,(H,6,7)/p-1. The van der Waals surface area contributed by atoms with Gasteiger partial charge in [-0.25, -0.2) is 0 Å². The van der Waals surface area contributed by atoms with Crippen LogP contribution in [0.25, 0.3) is 0 Å². The predicted octanol–water partition coefficient (Wildman–Crippen LogP) is 3.53. The van der Waals surface area contributed by atoms with Gasteiger partial charge in [0.15, 0.2) is 0 Å². The summed E-state index contributed by atoms with van der Waals surface area (Å²) in [5.74, 6) is -1.10. The van der Waals surface area contributed by atoms with Crippen LogP contribution in [0.3, 0.4) is 0 Å². The molecule has 0 radical (unpaired) electrons. The van der Waals surface area contributed by atoms with E-state index >= 15 is 0 Å². The second kappa shape index (κ2) is 7.74. The third-order valence-electron chi connectivity index (χ3n) is 2.80. The summed E-state index contributed by atoms with van der Waals surface area (Å²) >= 11 is 4.37. The Balaban J connectivity index is 0.000000204. The number of alkyl halides is 3. The molecule has 0 aliphatic carbocycles. The molecule has 3 nitrogen and oxygen atoms in total. The van der Waals surface area contributed by atoms with E-state index in [0.717, 1.165) is 17.9 Å². The summed E-state index contributed by atoms with van der Waals surface area (Å²) in [6, 6.07) is 3.02. The van der Waals surface area contributed by atoms with Crippen LogP contribution in [0.2, 0.25) is 4.34 Å². The first kappa shape index (κ1) is 17.9. The van der Waals surface area contributed by atoms with Crippen LogP contribution < -0.4 is 0 Å². The molecular formula is C11H14ClF3NO2S2-. The normalized spacial score (nSPS) is 22.0. The maximum atomic E-state index is 12.1. The summed E-state index contributed by atoms with van der Waals surface area (Å²) in [6.07, 6.45) is -3.02. The summed E-state index contributed by atoms with van der Waals surface area (Å²) in [7, 11) is 1.73. The third-order valence-corrected chi connectivity index (χ3v) is 4.95. The Labute approximate surface area is 127 Å². The molecule has 2 atom stereocenters. The lowest BCUT2D eigenvalue weighted by Gasteiger charge is -2.30. The van der Waals surface area contributed by atoms with Crippen molar-refractivity contribution in [2.75, 3.05) is 20.1 Å². The second-order valence-electron chi connectivity index (χ2n) is 4.44. The molecule has 2 rings (SSSR count). The van der Waals surface area contributed by atoms with Crippen LogP contribution in [0.5, 0.6) is 0 Å². The number of likely N-dealkylation sites (tertiary alicyclic amines) is 1. The van der Waals surface area contributed by atoms with Gasteiger partial charge in [0.2, 0.25) is 0 Å². The van der Waals surface area contributed by atoms with Gasteiger partial charge in [0.05, 0.1) is 14.5 Å². The van der Waals surface area contributed by atoms with Gasteiger partial charge in [-0.3, -0.25) is 4.21 Å². The summed E-state index contributed by atoms with van der Waals surface area (Å²) < 4.78 is 57.4. The zero-order valence-corrected chi connectivity index (χ0v) is 13.0. The average Bonchev–Trinajstić information content (AvgIpc) is 2.76. The van der Waals surface area contributed by atoms with Gasteiger partial charge < -0.3 is 9.45 Å². The maximum Gasteiger partial charge on any atom is 0.393 e. The highest BCUT2D eigenvalue weighted by Gasteiger charge is 2.40. The molecule has 0 aromatic carbocycles. The molecule has 116 valence electrons. The number of nitrogens with zero attached hydrogens (tertiary/aromatic N) is 1. The highest BCUT2D eigenvalue weighted by Crippen LogP contribution is 2.32. The molecule has 1 aromatic heterocycles. The molecule has 1 saturated heterocycles. The van der Waals surface area contributed by atoms with E-state index in [1.165, 1.54) is 6.07 Å². The molecule has 2 heterocycles. The number of rotatable bonds is 1. The highest BCUT2D eigenvalue weighted by molar-refractivity contribution is 7.81. The Morgan fingerprint density at radius 1 is 1.50 bits per heavy atom. The fraction of sp³-hybridized carbons (Fsp3) is 0.636. The number of piperidine rings is 1. The van der Waals surface area contributed by atoms with Crippen LogP contribution in [0.4, 0.5) is 13.2 Å². The maximum absolute atomic E-state index is 12.1. The topological polar surface area (TPSA) is 43.4 Å². The first-order valence-corrected chi connectivity index (χ1v) is 8.07. The summed E-state index contributed by atoms with van der Waals surface area (Å²) in [5, 5.41) is 0. The lowest BCUT2D eigenvalue weighted by Crippen LogP contribution is -2.39. The molecule has 1 fully saturated rings. The van der Waals surface area contributed by atoms with Crippen molar-refractivity contribution in [1.82, 2.24) is 4.90 Å². The quantitative estimate of drug-likeness (QED) is 0.729. The highest BCUT2D eigenvalue weighted by atomic mass is 35.5. The van der Waals surface area contributed by atoms with E-state index in [4.69, 9.17) is 11.6 Å². The van der Waals surface area contributed by atoms with Gasteiger partial charge in [-0.15, -0.1) is 11.3 Å². The minimum absolute atomic E-state index is 0.170. The van der Waals surface area contributed by atoms with Crippen molar-refractivity contribution in [3.05, 3.63) is 16.5 Å². The molecule has 2 unspecified atom stereocenters. The minimum Gasteiger partial charge on any atom is -0.768 e. The molecule has 0 amide bonds. The predicted molar refractivity (Wildman–Crippen MR) is 72.8 cm³/mol. The SMILES string of the molecule is CN1CCCC(C(F)(F)F)C1.O=S([O-])c1ccc(Cl)s1. The van der Waals surface area contributed by atoms with Crippen LogP contribution >= 0.6 is 22.9 Å². The molecular weight excluding hydrogens is 335 g/mol. The van der Waals surface area contributed by atoms with Crippen LogP contribution in [-0.2, 0) is 11.1 Å². The Morgan fingerprint density at radius 3 is 2.45 bits per heavy atom. The van der Waals surface area contributed by atoms with Gasteiger partial charge in [0, 0.05) is 6.54 Å².